The Labute approximate surface area is 248 Å². The lowest BCUT2D eigenvalue weighted by Crippen LogP contribution is -2.25. The van der Waals surface area contributed by atoms with E-state index in [0.29, 0.717) is 28.8 Å². The van der Waals surface area contributed by atoms with Gasteiger partial charge in [-0.05, 0) is 80.8 Å². The van der Waals surface area contributed by atoms with Crippen LogP contribution in [0.25, 0.3) is 21.5 Å². The topological polar surface area (TPSA) is 127 Å². The second-order valence-corrected chi connectivity index (χ2v) is 11.6. The van der Waals surface area contributed by atoms with Gasteiger partial charge in [0.1, 0.15) is 16.6 Å². The van der Waals surface area contributed by atoms with Crippen molar-refractivity contribution in [1.82, 2.24) is 20.3 Å². The highest BCUT2D eigenvalue weighted by Crippen LogP contribution is 2.36. The molecule has 3 aromatic heterocycles. The van der Waals surface area contributed by atoms with Crippen LogP contribution in [0.5, 0.6) is 11.6 Å². The average Bonchev–Trinajstić information content (AvgIpc) is 3.78. The highest BCUT2D eigenvalue weighted by atomic mass is 32.1. The molecule has 218 valence electrons. The van der Waals surface area contributed by atoms with Gasteiger partial charge >= 0.3 is 0 Å². The molecule has 2 amide bonds. The van der Waals surface area contributed by atoms with Crippen molar-refractivity contribution in [1.29, 1.82) is 0 Å². The average molecular weight is 587 g/mol. The van der Waals surface area contributed by atoms with Crippen LogP contribution in [-0.4, -0.2) is 54.1 Å². The van der Waals surface area contributed by atoms with E-state index in [1.54, 1.807) is 25.4 Å². The number of carbonyl (C=O) groups excluding carboxylic acids is 2. The molecule has 3 heterocycles. The number of rotatable bonds is 11. The third-order valence-corrected chi connectivity index (χ3v) is 8.70. The Kier molecular flexibility index (Phi) is 8.18. The summed E-state index contributed by atoms with van der Waals surface area (Å²) in [6, 6.07) is 9.58. The molecule has 0 saturated heterocycles. The zero-order valence-corrected chi connectivity index (χ0v) is 24.6. The molecular weight excluding hydrogens is 552 g/mol. The number of fused-ring (bicyclic) bond motifs is 2. The van der Waals surface area contributed by atoms with Crippen LogP contribution >= 0.6 is 11.3 Å². The SMILES string of the molecule is COc1ccc2nc3c(c(NCCCNC(=O)c4sc(-c5ccnc(NC(=O)C6CC6)c5)nc4OC)c2c1)CCCC3. The largest absolute Gasteiger partial charge is 0.497 e. The first-order valence-electron chi connectivity index (χ1n) is 14.4. The second-order valence-electron chi connectivity index (χ2n) is 10.6. The van der Waals surface area contributed by atoms with Gasteiger partial charge < -0.3 is 25.4 Å². The fourth-order valence-corrected chi connectivity index (χ4v) is 6.18. The van der Waals surface area contributed by atoms with E-state index in [9.17, 15) is 9.59 Å². The van der Waals surface area contributed by atoms with Crippen LogP contribution in [0.2, 0.25) is 0 Å². The number of anilines is 2. The second kappa shape index (κ2) is 12.3. The van der Waals surface area contributed by atoms with Gasteiger partial charge in [-0.15, -0.1) is 11.3 Å². The summed E-state index contributed by atoms with van der Waals surface area (Å²) < 4.78 is 10.9. The third kappa shape index (κ3) is 6.01. The molecule has 1 aromatic carbocycles. The van der Waals surface area contributed by atoms with E-state index in [1.807, 2.05) is 18.2 Å². The standard InChI is InChI=1S/C31H34N6O4S/c1-40-20-10-11-24-22(17-20)26(21-6-3-4-7-23(21)35-24)33-13-5-14-34-29(39)27-30(41-2)37-31(42-27)19-12-15-32-25(16-19)36-28(38)18-8-9-18/h10-12,15-18H,3-9,13-14H2,1-2H3,(H,33,35)(H,34,39)(H,32,36,38). The Balaban J connectivity index is 1.09. The van der Waals surface area contributed by atoms with Gasteiger partial charge in [-0.3, -0.25) is 14.6 Å². The molecule has 3 N–H and O–H groups in total. The van der Waals surface area contributed by atoms with Crippen LogP contribution in [0.4, 0.5) is 11.5 Å². The van der Waals surface area contributed by atoms with E-state index in [0.717, 1.165) is 72.8 Å². The van der Waals surface area contributed by atoms with Gasteiger partial charge in [0.05, 0.1) is 19.7 Å². The Morgan fingerprint density at radius 3 is 2.69 bits per heavy atom. The molecule has 4 aromatic rings. The highest BCUT2D eigenvalue weighted by Gasteiger charge is 2.30. The van der Waals surface area contributed by atoms with Crippen molar-refractivity contribution in [3.63, 3.8) is 0 Å². The van der Waals surface area contributed by atoms with Crippen molar-refractivity contribution >= 4 is 45.6 Å². The maximum absolute atomic E-state index is 13.1. The van der Waals surface area contributed by atoms with E-state index >= 15 is 0 Å². The Morgan fingerprint density at radius 2 is 1.88 bits per heavy atom. The molecule has 6 rings (SSSR count). The van der Waals surface area contributed by atoms with E-state index in [4.69, 9.17) is 14.5 Å². The number of pyridine rings is 2. The number of hydrogen-bond donors (Lipinski definition) is 3. The number of nitrogens with zero attached hydrogens (tertiary/aromatic N) is 3. The zero-order chi connectivity index (χ0) is 29.1. The minimum absolute atomic E-state index is 0.0114. The molecule has 10 nitrogen and oxygen atoms in total. The molecule has 1 saturated carbocycles. The van der Waals surface area contributed by atoms with Crippen LogP contribution in [0.3, 0.4) is 0 Å². The fourth-order valence-electron chi connectivity index (χ4n) is 5.23. The van der Waals surface area contributed by atoms with Gasteiger partial charge in [-0.1, -0.05) is 0 Å². The molecule has 0 bridgehead atoms. The molecule has 0 unspecified atom stereocenters. The van der Waals surface area contributed by atoms with Gasteiger partial charge in [0, 0.05) is 47.5 Å². The lowest BCUT2D eigenvalue weighted by Gasteiger charge is -2.22. The summed E-state index contributed by atoms with van der Waals surface area (Å²) in [5.41, 5.74) is 5.31. The number of thiazole rings is 1. The molecule has 0 spiro atoms. The summed E-state index contributed by atoms with van der Waals surface area (Å²) in [6.45, 7) is 1.18. The van der Waals surface area contributed by atoms with Crippen LogP contribution in [0.1, 0.15) is 53.0 Å². The van der Waals surface area contributed by atoms with Crippen LogP contribution in [0, 0.1) is 5.92 Å². The van der Waals surface area contributed by atoms with Crippen LogP contribution in [0.15, 0.2) is 36.5 Å². The minimum Gasteiger partial charge on any atom is -0.497 e. The van der Waals surface area contributed by atoms with Crippen LogP contribution < -0.4 is 25.4 Å². The molecule has 2 aliphatic rings. The van der Waals surface area contributed by atoms with E-state index in [2.05, 4.69) is 25.9 Å². The molecule has 1 fully saturated rings. The molecule has 0 atom stereocenters. The van der Waals surface area contributed by atoms with E-state index in [1.165, 1.54) is 29.7 Å². The predicted molar refractivity (Wildman–Crippen MR) is 164 cm³/mol. The Morgan fingerprint density at radius 1 is 1.02 bits per heavy atom. The molecule has 42 heavy (non-hydrogen) atoms. The smallest absolute Gasteiger partial charge is 0.267 e. The lowest BCUT2D eigenvalue weighted by atomic mass is 9.92. The summed E-state index contributed by atoms with van der Waals surface area (Å²) in [5.74, 6) is 1.39. The highest BCUT2D eigenvalue weighted by molar-refractivity contribution is 7.17. The number of aryl methyl sites for hydroxylation is 1. The first-order valence-corrected chi connectivity index (χ1v) is 15.2. The molecule has 11 heteroatoms. The monoisotopic (exact) mass is 586 g/mol. The number of methoxy groups -OCH3 is 2. The van der Waals surface area contributed by atoms with Gasteiger partial charge in [-0.25, -0.2) is 9.97 Å². The summed E-state index contributed by atoms with van der Waals surface area (Å²) >= 11 is 1.25. The van der Waals surface area contributed by atoms with Crippen molar-refractivity contribution < 1.29 is 19.1 Å². The number of nitrogens with one attached hydrogen (secondary N) is 3. The number of ether oxygens (including phenoxy) is 2. The van der Waals surface area contributed by atoms with Gasteiger partial charge in [0.25, 0.3) is 5.91 Å². The predicted octanol–water partition coefficient (Wildman–Crippen LogP) is 5.23. The molecular formula is C31H34N6O4S. The third-order valence-electron chi connectivity index (χ3n) is 7.61. The van der Waals surface area contributed by atoms with Gasteiger partial charge in [-0.2, -0.15) is 0 Å². The Bertz CT molecular complexity index is 1630. The zero-order valence-electron chi connectivity index (χ0n) is 23.8. The lowest BCUT2D eigenvalue weighted by molar-refractivity contribution is -0.117. The maximum Gasteiger partial charge on any atom is 0.267 e. The number of benzene rings is 1. The van der Waals surface area contributed by atoms with E-state index in [-0.39, 0.29) is 23.6 Å². The first kappa shape index (κ1) is 27.9. The van der Waals surface area contributed by atoms with Crippen LogP contribution in [-0.2, 0) is 17.6 Å². The summed E-state index contributed by atoms with van der Waals surface area (Å²) in [6.07, 6.45) is 8.51. The van der Waals surface area contributed by atoms with Gasteiger partial charge in [0.15, 0.2) is 4.88 Å². The van der Waals surface area contributed by atoms with Crippen molar-refractivity contribution in [2.45, 2.75) is 44.9 Å². The normalized spacial score (nSPS) is 14.2. The minimum atomic E-state index is -0.233. The summed E-state index contributed by atoms with van der Waals surface area (Å²) in [7, 11) is 3.18. The molecule has 2 aliphatic carbocycles. The maximum atomic E-state index is 13.1. The van der Waals surface area contributed by atoms with Gasteiger partial charge in [0.2, 0.25) is 11.8 Å². The van der Waals surface area contributed by atoms with Crippen molar-refractivity contribution in [3.05, 3.63) is 52.7 Å². The van der Waals surface area contributed by atoms with E-state index < -0.39 is 0 Å². The van der Waals surface area contributed by atoms with Crippen molar-refractivity contribution in [2.75, 3.05) is 37.9 Å². The molecule has 0 aliphatic heterocycles. The summed E-state index contributed by atoms with van der Waals surface area (Å²) in [4.78, 5) is 39.3. The fraction of sp³-hybridized carbons (Fsp3) is 0.387. The number of amides is 2. The van der Waals surface area contributed by atoms with Crippen molar-refractivity contribution in [3.8, 4) is 22.2 Å². The quantitative estimate of drug-likeness (QED) is 0.204. The summed E-state index contributed by atoms with van der Waals surface area (Å²) in [5, 5.41) is 11.2. The number of hydrogen-bond acceptors (Lipinski definition) is 9. The first-order chi connectivity index (χ1) is 20.5. The number of aromatic nitrogens is 3. The van der Waals surface area contributed by atoms with Crippen molar-refractivity contribution in [2.24, 2.45) is 5.92 Å². The number of carbonyl (C=O) groups is 2. The Hall–Kier alpha value is -4.25. The molecule has 0 radical (unpaired) electrons.